The minimum atomic E-state index is -3.35. The highest BCUT2D eigenvalue weighted by atomic mass is 35.5. The van der Waals surface area contributed by atoms with Crippen LogP contribution in [0.3, 0.4) is 0 Å². The van der Waals surface area contributed by atoms with Crippen LogP contribution in [0.15, 0.2) is 56.2 Å². The van der Waals surface area contributed by atoms with Crippen LogP contribution in [0, 0.1) is 0 Å². The summed E-state index contributed by atoms with van der Waals surface area (Å²) in [6.07, 6.45) is 6.33. The Labute approximate surface area is 160 Å². The quantitative estimate of drug-likeness (QED) is 0.625. The van der Waals surface area contributed by atoms with Gasteiger partial charge >= 0.3 is 0 Å². The van der Waals surface area contributed by atoms with Gasteiger partial charge in [-0.3, -0.25) is 0 Å². The van der Waals surface area contributed by atoms with Crippen molar-refractivity contribution in [2.45, 2.75) is 33.9 Å². The van der Waals surface area contributed by atoms with Crippen LogP contribution in [0.4, 0.5) is 0 Å². The van der Waals surface area contributed by atoms with Crippen LogP contribution in [0.5, 0.6) is 0 Å². The van der Waals surface area contributed by atoms with E-state index in [2.05, 4.69) is 15.0 Å². The normalized spacial score (nSPS) is 14.5. The molecule has 0 N–H and O–H groups in total. The Balaban J connectivity index is 1.71. The number of nitrogens with zero attached hydrogens (tertiary/aromatic N) is 3. The second-order valence-corrected chi connectivity index (χ2v) is 9.43. The molecule has 0 amide bonds. The number of sulfone groups is 1. The number of hydrogen-bond donors (Lipinski definition) is 0. The minimum absolute atomic E-state index is 0.0285. The molecule has 6 nitrogen and oxygen atoms in total. The fourth-order valence-electron chi connectivity index (χ4n) is 2.34. The summed E-state index contributed by atoms with van der Waals surface area (Å²) in [5, 5.41) is 1.93. The Morgan fingerprint density at radius 1 is 1.15 bits per heavy atom. The molecule has 0 spiro atoms. The molecule has 0 unspecified atom stereocenters. The summed E-state index contributed by atoms with van der Waals surface area (Å²) >= 11 is 7.23. The van der Waals surface area contributed by atoms with Crippen molar-refractivity contribution in [2.75, 3.05) is 6.26 Å². The van der Waals surface area contributed by atoms with Crippen LogP contribution in [0.1, 0.15) is 24.7 Å². The molecule has 1 saturated carbocycles. The van der Waals surface area contributed by atoms with Crippen molar-refractivity contribution in [3.05, 3.63) is 47.6 Å². The molecule has 0 radical (unpaired) electrons. The standard InChI is InChI=1S/C17H14ClN3O3S2/c1-26(22,23)14-7-4-11(8-20-14)15-17(24-16(21-15)10-2-3-10)25-13-6-5-12(18)9-19-13/h4-10H,2-3H2,1H3. The first kappa shape index (κ1) is 17.5. The lowest BCUT2D eigenvalue weighted by atomic mass is 10.2. The average molecular weight is 408 g/mol. The van der Waals surface area contributed by atoms with Crippen LogP contribution < -0.4 is 0 Å². The van der Waals surface area contributed by atoms with Gasteiger partial charge in [-0.2, -0.15) is 0 Å². The summed E-state index contributed by atoms with van der Waals surface area (Å²) in [5.41, 5.74) is 1.34. The van der Waals surface area contributed by atoms with Crippen LogP contribution in [-0.2, 0) is 9.84 Å². The van der Waals surface area contributed by atoms with Gasteiger partial charge in [-0.15, -0.1) is 0 Å². The first-order valence-electron chi connectivity index (χ1n) is 7.87. The van der Waals surface area contributed by atoms with Crippen LogP contribution in [0.25, 0.3) is 11.3 Å². The highest BCUT2D eigenvalue weighted by Crippen LogP contribution is 2.44. The van der Waals surface area contributed by atoms with Gasteiger partial charge in [-0.25, -0.2) is 23.4 Å². The molecule has 3 heterocycles. The summed E-state index contributed by atoms with van der Waals surface area (Å²) in [7, 11) is -3.35. The van der Waals surface area contributed by atoms with Crippen molar-refractivity contribution in [2.24, 2.45) is 0 Å². The molecule has 1 aliphatic rings. The molecule has 0 aromatic carbocycles. The second-order valence-electron chi connectivity index (χ2n) is 6.04. The highest BCUT2D eigenvalue weighted by molar-refractivity contribution is 7.99. The Morgan fingerprint density at radius 2 is 1.96 bits per heavy atom. The van der Waals surface area contributed by atoms with Crippen molar-refractivity contribution in [1.82, 2.24) is 15.0 Å². The zero-order valence-corrected chi connectivity index (χ0v) is 16.1. The SMILES string of the molecule is CS(=O)(=O)c1ccc(-c2nc(C3CC3)oc2Sc2ccc(Cl)cn2)cn1. The molecule has 0 bridgehead atoms. The molecular weight excluding hydrogens is 394 g/mol. The van der Waals surface area contributed by atoms with E-state index in [0.29, 0.717) is 33.2 Å². The van der Waals surface area contributed by atoms with Gasteiger partial charge in [0.05, 0.1) is 5.02 Å². The maximum absolute atomic E-state index is 11.6. The summed E-state index contributed by atoms with van der Waals surface area (Å²) in [6, 6.07) is 6.74. The van der Waals surface area contributed by atoms with Crippen molar-refractivity contribution in [1.29, 1.82) is 0 Å². The van der Waals surface area contributed by atoms with Gasteiger partial charge in [0.25, 0.3) is 0 Å². The molecule has 3 aromatic heterocycles. The van der Waals surface area contributed by atoms with E-state index < -0.39 is 9.84 Å². The Bertz CT molecular complexity index is 1040. The number of rotatable bonds is 5. The van der Waals surface area contributed by atoms with Crippen LogP contribution in [0.2, 0.25) is 5.02 Å². The molecule has 3 aromatic rings. The van der Waals surface area contributed by atoms with E-state index in [4.69, 9.17) is 16.0 Å². The van der Waals surface area contributed by atoms with Gasteiger partial charge in [-0.05, 0) is 48.9 Å². The molecule has 0 aliphatic heterocycles. The van der Waals surface area contributed by atoms with Crippen molar-refractivity contribution in [3.63, 3.8) is 0 Å². The van der Waals surface area contributed by atoms with Gasteiger partial charge in [0, 0.05) is 30.1 Å². The van der Waals surface area contributed by atoms with Crippen molar-refractivity contribution >= 4 is 33.2 Å². The van der Waals surface area contributed by atoms with E-state index in [1.807, 2.05) is 0 Å². The molecule has 0 atom stereocenters. The molecule has 4 rings (SSSR count). The molecular formula is C17H14ClN3O3S2. The lowest BCUT2D eigenvalue weighted by Crippen LogP contribution is -1.99. The summed E-state index contributed by atoms with van der Waals surface area (Å²) in [5.74, 6) is 1.05. The lowest BCUT2D eigenvalue weighted by Gasteiger charge is -2.02. The van der Waals surface area contributed by atoms with E-state index in [-0.39, 0.29) is 5.03 Å². The van der Waals surface area contributed by atoms with Gasteiger partial charge in [0.15, 0.2) is 25.8 Å². The summed E-state index contributed by atoms with van der Waals surface area (Å²) < 4.78 is 29.2. The Hall–Kier alpha value is -1.90. The topological polar surface area (TPSA) is 86.0 Å². The zero-order chi connectivity index (χ0) is 18.3. The zero-order valence-electron chi connectivity index (χ0n) is 13.7. The van der Waals surface area contributed by atoms with Crippen LogP contribution >= 0.6 is 23.4 Å². The number of aromatic nitrogens is 3. The molecule has 134 valence electrons. The van der Waals surface area contributed by atoms with E-state index in [9.17, 15) is 8.42 Å². The van der Waals surface area contributed by atoms with E-state index in [1.165, 1.54) is 24.0 Å². The van der Waals surface area contributed by atoms with Crippen molar-refractivity contribution in [3.8, 4) is 11.3 Å². The minimum Gasteiger partial charge on any atom is -0.433 e. The third-order valence-electron chi connectivity index (χ3n) is 3.83. The third-order valence-corrected chi connectivity index (χ3v) is 5.96. The maximum atomic E-state index is 11.6. The molecule has 0 saturated heterocycles. The average Bonchev–Trinajstić information content (AvgIpc) is 3.37. The fourth-order valence-corrected chi connectivity index (χ4v) is 3.83. The number of halogens is 1. The van der Waals surface area contributed by atoms with E-state index in [0.717, 1.165) is 24.1 Å². The summed E-state index contributed by atoms with van der Waals surface area (Å²) in [6.45, 7) is 0. The highest BCUT2D eigenvalue weighted by Gasteiger charge is 2.31. The number of oxazole rings is 1. The molecule has 1 aliphatic carbocycles. The Kier molecular flexibility index (Phi) is 4.50. The predicted molar refractivity (Wildman–Crippen MR) is 98.2 cm³/mol. The van der Waals surface area contributed by atoms with Gasteiger partial charge in [0.2, 0.25) is 0 Å². The lowest BCUT2D eigenvalue weighted by molar-refractivity contribution is 0.425. The van der Waals surface area contributed by atoms with E-state index in [1.54, 1.807) is 24.4 Å². The first-order chi connectivity index (χ1) is 12.4. The monoisotopic (exact) mass is 407 g/mol. The molecule has 1 fully saturated rings. The third kappa shape index (κ3) is 3.77. The molecule has 26 heavy (non-hydrogen) atoms. The van der Waals surface area contributed by atoms with E-state index >= 15 is 0 Å². The number of hydrogen-bond acceptors (Lipinski definition) is 7. The second kappa shape index (κ2) is 6.68. The van der Waals surface area contributed by atoms with Gasteiger partial charge < -0.3 is 4.42 Å². The van der Waals surface area contributed by atoms with Crippen molar-refractivity contribution < 1.29 is 12.8 Å². The summed E-state index contributed by atoms with van der Waals surface area (Å²) in [4.78, 5) is 12.9. The molecule has 9 heteroatoms. The Morgan fingerprint density at radius 3 is 2.54 bits per heavy atom. The number of pyridine rings is 2. The fraction of sp³-hybridized carbons (Fsp3) is 0.235. The maximum Gasteiger partial charge on any atom is 0.199 e. The van der Waals surface area contributed by atoms with Gasteiger partial charge in [0.1, 0.15) is 10.7 Å². The largest absolute Gasteiger partial charge is 0.433 e. The smallest absolute Gasteiger partial charge is 0.199 e. The predicted octanol–water partition coefficient (Wildman–Crippen LogP) is 4.22. The van der Waals surface area contributed by atoms with Crippen LogP contribution in [-0.4, -0.2) is 29.6 Å². The first-order valence-corrected chi connectivity index (χ1v) is 11.0. The van der Waals surface area contributed by atoms with Gasteiger partial charge in [-0.1, -0.05) is 11.6 Å².